The number of rotatable bonds is 5. The van der Waals surface area contributed by atoms with Gasteiger partial charge in [-0.25, -0.2) is 4.39 Å². The fraction of sp³-hybridized carbons (Fsp3) is 0.417. The Morgan fingerprint density at radius 2 is 1.88 bits per heavy atom. The van der Waals surface area contributed by atoms with Crippen LogP contribution in [0.4, 0.5) is 4.39 Å². The number of benzene rings is 2. The molecule has 6 nitrogen and oxygen atoms in total. The van der Waals surface area contributed by atoms with Crippen LogP contribution in [0.2, 0.25) is 0 Å². The molecule has 2 aromatic carbocycles. The first kappa shape index (κ1) is 21.6. The lowest BCUT2D eigenvalue weighted by Crippen LogP contribution is -2.45. The van der Waals surface area contributed by atoms with Crippen molar-refractivity contribution in [2.45, 2.75) is 23.9 Å². The van der Waals surface area contributed by atoms with E-state index >= 15 is 0 Å². The molecule has 1 saturated heterocycles. The summed E-state index contributed by atoms with van der Waals surface area (Å²) in [4.78, 5) is 6.00. The minimum absolute atomic E-state index is 0.195. The predicted molar refractivity (Wildman–Crippen MR) is 126 cm³/mol. The summed E-state index contributed by atoms with van der Waals surface area (Å²) in [5, 5.41) is 12.6. The zero-order valence-electron chi connectivity index (χ0n) is 18.6. The summed E-state index contributed by atoms with van der Waals surface area (Å²) >= 11 is 1.69. The van der Waals surface area contributed by atoms with Crippen LogP contribution in [0, 0.1) is 5.82 Å². The summed E-state index contributed by atoms with van der Waals surface area (Å²) in [6, 6.07) is 13.1. The summed E-state index contributed by atoms with van der Waals surface area (Å²) in [5.74, 6) is 1.64. The Morgan fingerprint density at radius 1 is 1.06 bits per heavy atom. The van der Waals surface area contributed by atoms with Crippen molar-refractivity contribution < 1.29 is 4.39 Å². The SMILES string of the molecule is CSc1cccc2c1C(c1ccccc1F)NCc1nnc(CCN3CCN(C)CC3)n1-2. The second kappa shape index (κ2) is 9.31. The van der Waals surface area contributed by atoms with Gasteiger partial charge in [-0.2, -0.15) is 0 Å². The molecule has 168 valence electrons. The number of piperazine rings is 1. The lowest BCUT2D eigenvalue weighted by Gasteiger charge is -2.32. The van der Waals surface area contributed by atoms with Crippen LogP contribution in [-0.4, -0.2) is 70.6 Å². The highest BCUT2D eigenvalue weighted by molar-refractivity contribution is 7.98. The second-order valence-corrected chi connectivity index (χ2v) is 9.34. The summed E-state index contributed by atoms with van der Waals surface area (Å²) in [7, 11) is 2.18. The van der Waals surface area contributed by atoms with E-state index in [1.54, 1.807) is 17.8 Å². The molecular weight excluding hydrogens is 423 g/mol. The summed E-state index contributed by atoms with van der Waals surface area (Å²) in [6.45, 7) is 5.87. The van der Waals surface area contributed by atoms with Crippen LogP contribution < -0.4 is 5.32 Å². The number of likely N-dealkylation sites (N-methyl/N-ethyl adjacent to an activating group) is 1. The lowest BCUT2D eigenvalue weighted by atomic mass is 9.96. The van der Waals surface area contributed by atoms with Gasteiger partial charge in [0.25, 0.3) is 0 Å². The van der Waals surface area contributed by atoms with Crippen LogP contribution in [0.3, 0.4) is 0 Å². The Kier molecular flexibility index (Phi) is 6.28. The fourth-order valence-corrected chi connectivity index (χ4v) is 5.36. The molecule has 1 fully saturated rings. The van der Waals surface area contributed by atoms with E-state index in [-0.39, 0.29) is 11.9 Å². The maximum absolute atomic E-state index is 14.8. The molecule has 0 spiro atoms. The van der Waals surface area contributed by atoms with Crippen molar-refractivity contribution in [1.82, 2.24) is 29.9 Å². The van der Waals surface area contributed by atoms with Crippen LogP contribution in [0.5, 0.6) is 0 Å². The molecule has 3 heterocycles. The molecule has 1 aromatic heterocycles. The van der Waals surface area contributed by atoms with E-state index in [0.717, 1.165) is 66.9 Å². The molecule has 0 aliphatic carbocycles. The normalized spacial score (nSPS) is 19.4. The molecule has 1 unspecified atom stereocenters. The second-order valence-electron chi connectivity index (χ2n) is 8.49. The van der Waals surface area contributed by atoms with Crippen LogP contribution in [0.25, 0.3) is 5.69 Å². The van der Waals surface area contributed by atoms with Gasteiger partial charge in [0.05, 0.1) is 18.3 Å². The quantitative estimate of drug-likeness (QED) is 0.601. The molecule has 3 aromatic rings. The van der Waals surface area contributed by atoms with Gasteiger partial charge < -0.3 is 9.80 Å². The number of aromatic nitrogens is 3. The van der Waals surface area contributed by atoms with Crippen molar-refractivity contribution in [1.29, 1.82) is 0 Å². The van der Waals surface area contributed by atoms with Crippen molar-refractivity contribution in [3.63, 3.8) is 0 Å². The lowest BCUT2D eigenvalue weighted by molar-refractivity contribution is 0.155. The van der Waals surface area contributed by atoms with Gasteiger partial charge in [0.15, 0.2) is 5.82 Å². The van der Waals surface area contributed by atoms with E-state index in [2.05, 4.69) is 61.4 Å². The third kappa shape index (κ3) is 4.08. The van der Waals surface area contributed by atoms with E-state index in [4.69, 9.17) is 0 Å². The van der Waals surface area contributed by atoms with E-state index in [9.17, 15) is 4.39 Å². The third-order valence-electron chi connectivity index (χ3n) is 6.52. The van der Waals surface area contributed by atoms with E-state index < -0.39 is 0 Å². The van der Waals surface area contributed by atoms with Gasteiger partial charge in [-0.3, -0.25) is 9.88 Å². The standard InChI is InChI=1S/C24H29FN6S/c1-29-12-14-30(15-13-29)11-10-21-27-28-22-16-26-24(17-6-3-4-7-18(17)25)23-19(31(21)22)8-5-9-20(23)32-2/h3-9,24,26H,10-16H2,1-2H3. The summed E-state index contributed by atoms with van der Waals surface area (Å²) in [5.41, 5.74) is 2.79. The van der Waals surface area contributed by atoms with E-state index in [0.29, 0.717) is 12.1 Å². The Bertz CT molecular complexity index is 1090. The maximum Gasteiger partial charge on any atom is 0.151 e. The molecular formula is C24H29FN6S. The van der Waals surface area contributed by atoms with Crippen LogP contribution in [0.15, 0.2) is 47.4 Å². The van der Waals surface area contributed by atoms with Crippen molar-refractivity contribution in [2.75, 3.05) is 46.0 Å². The summed E-state index contributed by atoms with van der Waals surface area (Å²) in [6.07, 6.45) is 2.91. The maximum atomic E-state index is 14.8. The molecule has 32 heavy (non-hydrogen) atoms. The number of hydrogen-bond acceptors (Lipinski definition) is 6. The molecule has 1 atom stereocenters. The smallest absolute Gasteiger partial charge is 0.151 e. The number of hydrogen-bond donors (Lipinski definition) is 1. The fourth-order valence-electron chi connectivity index (χ4n) is 4.70. The zero-order chi connectivity index (χ0) is 22.1. The number of nitrogens with one attached hydrogen (secondary N) is 1. The van der Waals surface area contributed by atoms with Crippen molar-refractivity contribution in [3.8, 4) is 5.69 Å². The van der Waals surface area contributed by atoms with Crippen molar-refractivity contribution in [3.05, 3.63) is 71.1 Å². The Morgan fingerprint density at radius 3 is 2.66 bits per heavy atom. The predicted octanol–water partition coefficient (Wildman–Crippen LogP) is 3.11. The summed E-state index contributed by atoms with van der Waals surface area (Å²) < 4.78 is 17.0. The van der Waals surface area contributed by atoms with Crippen LogP contribution in [0.1, 0.15) is 28.8 Å². The topological polar surface area (TPSA) is 49.2 Å². The van der Waals surface area contributed by atoms with Gasteiger partial charge in [-0.05, 0) is 31.5 Å². The average molecular weight is 453 g/mol. The van der Waals surface area contributed by atoms with Crippen molar-refractivity contribution in [2.24, 2.45) is 0 Å². The van der Waals surface area contributed by atoms with Gasteiger partial charge in [-0.1, -0.05) is 24.3 Å². The molecule has 2 aliphatic heterocycles. The van der Waals surface area contributed by atoms with Gasteiger partial charge in [0, 0.05) is 55.2 Å². The number of fused-ring (bicyclic) bond motifs is 3. The number of halogens is 1. The molecule has 0 radical (unpaired) electrons. The molecule has 0 amide bonds. The van der Waals surface area contributed by atoms with Gasteiger partial charge in [0.2, 0.25) is 0 Å². The van der Waals surface area contributed by atoms with Crippen LogP contribution in [-0.2, 0) is 13.0 Å². The molecule has 1 N–H and O–H groups in total. The first-order chi connectivity index (χ1) is 15.7. The highest BCUT2D eigenvalue weighted by Crippen LogP contribution is 2.38. The van der Waals surface area contributed by atoms with Crippen LogP contribution >= 0.6 is 11.8 Å². The van der Waals surface area contributed by atoms with Gasteiger partial charge in [-0.15, -0.1) is 22.0 Å². The minimum Gasteiger partial charge on any atom is -0.304 e. The molecule has 2 aliphatic rings. The number of thioether (sulfide) groups is 1. The van der Waals surface area contributed by atoms with Gasteiger partial charge in [0.1, 0.15) is 11.6 Å². The molecule has 0 bridgehead atoms. The largest absolute Gasteiger partial charge is 0.304 e. The molecule has 0 saturated carbocycles. The number of nitrogens with zero attached hydrogens (tertiary/aromatic N) is 5. The highest BCUT2D eigenvalue weighted by atomic mass is 32.2. The average Bonchev–Trinajstić information content (AvgIpc) is 3.14. The van der Waals surface area contributed by atoms with E-state index in [1.807, 2.05) is 12.1 Å². The molecule has 5 rings (SSSR count). The first-order valence-electron chi connectivity index (χ1n) is 11.1. The van der Waals surface area contributed by atoms with E-state index in [1.165, 1.54) is 6.07 Å². The Balaban J connectivity index is 1.53. The van der Waals surface area contributed by atoms with Crippen molar-refractivity contribution >= 4 is 11.8 Å². The van der Waals surface area contributed by atoms with Gasteiger partial charge >= 0.3 is 0 Å². The molecule has 8 heteroatoms. The monoisotopic (exact) mass is 452 g/mol. The Labute approximate surface area is 192 Å². The zero-order valence-corrected chi connectivity index (χ0v) is 19.4. The minimum atomic E-state index is -0.248. The third-order valence-corrected chi connectivity index (χ3v) is 7.31. The Hall–Kier alpha value is -2.26. The first-order valence-corrected chi connectivity index (χ1v) is 12.4. The highest BCUT2D eigenvalue weighted by Gasteiger charge is 2.30.